The number of halogens is 1. The number of rotatable bonds is 5. The third-order valence-corrected chi connectivity index (χ3v) is 5.07. The molecule has 146 valence electrons. The second-order valence-electron chi connectivity index (χ2n) is 6.67. The molecule has 2 aromatic heterocycles. The molecule has 0 atom stereocenters. The van der Waals surface area contributed by atoms with Crippen LogP contribution >= 0.6 is 15.9 Å². The van der Waals surface area contributed by atoms with Crippen molar-refractivity contribution >= 4 is 15.9 Å². The van der Waals surface area contributed by atoms with Gasteiger partial charge in [0.25, 0.3) is 0 Å². The van der Waals surface area contributed by atoms with Gasteiger partial charge in [-0.2, -0.15) is 0 Å². The van der Waals surface area contributed by atoms with Crippen molar-refractivity contribution in [1.82, 2.24) is 0 Å². The van der Waals surface area contributed by atoms with Crippen molar-refractivity contribution in [2.45, 2.75) is 32.6 Å². The van der Waals surface area contributed by atoms with Gasteiger partial charge in [0.1, 0.15) is 23.0 Å². The molecular formula is C21H19BrO6. The minimum atomic E-state index is -0.625. The first-order valence-corrected chi connectivity index (χ1v) is 9.44. The van der Waals surface area contributed by atoms with Gasteiger partial charge in [-0.1, -0.05) is 28.1 Å². The summed E-state index contributed by atoms with van der Waals surface area (Å²) in [5.74, 6) is -0.0697. The van der Waals surface area contributed by atoms with E-state index in [2.05, 4.69) is 15.9 Å². The SMILES string of the molecule is Cc1cc(O)c(CC(Cc2c(O)cc(C)oc2=O)c2ccc(Br)cc2)c(=O)o1. The Kier molecular flexibility index (Phi) is 5.74. The van der Waals surface area contributed by atoms with Crippen LogP contribution in [0.25, 0.3) is 0 Å². The molecule has 0 aliphatic carbocycles. The summed E-state index contributed by atoms with van der Waals surface area (Å²) >= 11 is 3.38. The first-order chi connectivity index (χ1) is 13.2. The molecule has 0 aliphatic rings. The standard InChI is InChI=1S/C21H19BrO6/c1-11-7-18(23)16(20(25)27-11)9-14(13-3-5-15(22)6-4-13)10-17-19(24)8-12(2)28-21(17)26/h3-8,14,23-24H,9-10H2,1-2H3. The Labute approximate surface area is 169 Å². The van der Waals surface area contributed by atoms with E-state index in [1.807, 2.05) is 24.3 Å². The minimum absolute atomic E-state index is 0.120. The molecule has 7 heteroatoms. The van der Waals surface area contributed by atoms with Gasteiger partial charge in [0.15, 0.2) is 0 Å². The molecule has 0 spiro atoms. The molecule has 1 aromatic carbocycles. The predicted octanol–water partition coefficient (Wildman–Crippen LogP) is 3.95. The first kappa shape index (κ1) is 19.9. The van der Waals surface area contributed by atoms with Crippen LogP contribution in [-0.4, -0.2) is 10.2 Å². The number of aryl methyl sites for hydroxylation is 2. The van der Waals surface area contributed by atoms with Crippen LogP contribution < -0.4 is 11.3 Å². The van der Waals surface area contributed by atoms with Crippen LogP contribution in [-0.2, 0) is 12.8 Å². The van der Waals surface area contributed by atoms with Crippen molar-refractivity contribution < 1.29 is 19.0 Å². The Morgan fingerprint density at radius 3 is 1.68 bits per heavy atom. The van der Waals surface area contributed by atoms with Gasteiger partial charge in [-0.25, -0.2) is 9.59 Å². The van der Waals surface area contributed by atoms with Crippen LogP contribution in [0.3, 0.4) is 0 Å². The normalized spacial score (nSPS) is 11.1. The summed E-state index contributed by atoms with van der Waals surface area (Å²) in [6.45, 7) is 3.15. The summed E-state index contributed by atoms with van der Waals surface area (Å²) in [6, 6.07) is 10.2. The molecule has 0 saturated heterocycles. The quantitative estimate of drug-likeness (QED) is 0.614. The van der Waals surface area contributed by atoms with Crippen LogP contribution in [0.15, 0.2) is 59.3 Å². The molecule has 0 radical (unpaired) electrons. The molecule has 28 heavy (non-hydrogen) atoms. The maximum absolute atomic E-state index is 12.2. The highest BCUT2D eigenvalue weighted by Crippen LogP contribution is 2.30. The number of hydrogen-bond acceptors (Lipinski definition) is 6. The summed E-state index contributed by atoms with van der Waals surface area (Å²) in [7, 11) is 0. The number of benzene rings is 1. The molecule has 0 fully saturated rings. The van der Waals surface area contributed by atoms with Crippen LogP contribution in [0, 0.1) is 13.8 Å². The van der Waals surface area contributed by atoms with E-state index in [0.717, 1.165) is 10.0 Å². The lowest BCUT2D eigenvalue weighted by Crippen LogP contribution is -2.18. The van der Waals surface area contributed by atoms with Gasteiger partial charge in [0.2, 0.25) is 0 Å². The number of hydrogen-bond donors (Lipinski definition) is 2. The van der Waals surface area contributed by atoms with Gasteiger partial charge in [-0.05, 0) is 50.3 Å². The van der Waals surface area contributed by atoms with E-state index in [4.69, 9.17) is 8.83 Å². The Hall–Kier alpha value is -2.80. The molecule has 3 rings (SSSR count). The van der Waals surface area contributed by atoms with Crippen molar-refractivity contribution in [1.29, 1.82) is 0 Å². The van der Waals surface area contributed by atoms with Gasteiger partial charge in [-0.15, -0.1) is 0 Å². The maximum atomic E-state index is 12.2. The van der Waals surface area contributed by atoms with E-state index in [1.54, 1.807) is 13.8 Å². The van der Waals surface area contributed by atoms with E-state index in [-0.39, 0.29) is 41.4 Å². The minimum Gasteiger partial charge on any atom is -0.507 e. The highest BCUT2D eigenvalue weighted by atomic mass is 79.9. The molecule has 0 aliphatic heterocycles. The average Bonchev–Trinajstić information content (AvgIpc) is 2.60. The molecule has 0 saturated carbocycles. The van der Waals surface area contributed by atoms with Gasteiger partial charge in [0.05, 0.1) is 11.1 Å². The summed E-state index contributed by atoms with van der Waals surface area (Å²) in [4.78, 5) is 24.5. The van der Waals surface area contributed by atoms with Gasteiger partial charge >= 0.3 is 11.3 Å². The van der Waals surface area contributed by atoms with Crippen molar-refractivity contribution in [2.75, 3.05) is 0 Å². The first-order valence-electron chi connectivity index (χ1n) is 8.65. The zero-order chi connectivity index (χ0) is 20.4. The van der Waals surface area contributed by atoms with Crippen LogP contribution in [0.5, 0.6) is 11.5 Å². The summed E-state index contributed by atoms with van der Waals surface area (Å²) in [5.41, 5.74) is -0.175. The smallest absolute Gasteiger partial charge is 0.342 e. The fourth-order valence-corrected chi connectivity index (χ4v) is 3.42. The molecular weight excluding hydrogens is 428 g/mol. The predicted molar refractivity (Wildman–Crippen MR) is 107 cm³/mol. The van der Waals surface area contributed by atoms with Gasteiger partial charge in [0, 0.05) is 16.6 Å². The summed E-state index contributed by atoms with van der Waals surface area (Å²) < 4.78 is 11.1. The third-order valence-electron chi connectivity index (χ3n) is 4.54. The fourth-order valence-electron chi connectivity index (χ4n) is 3.15. The fraction of sp³-hybridized carbons (Fsp3) is 0.238. The molecule has 2 heterocycles. The molecule has 0 amide bonds. The average molecular weight is 447 g/mol. The largest absolute Gasteiger partial charge is 0.507 e. The lowest BCUT2D eigenvalue weighted by atomic mass is 9.87. The molecule has 0 bridgehead atoms. The van der Waals surface area contributed by atoms with Crippen LogP contribution in [0.2, 0.25) is 0 Å². The topological polar surface area (TPSA) is 101 Å². The van der Waals surface area contributed by atoms with Crippen molar-refractivity contribution in [2.24, 2.45) is 0 Å². The molecule has 2 N–H and O–H groups in total. The van der Waals surface area contributed by atoms with E-state index in [0.29, 0.717) is 11.5 Å². The lowest BCUT2D eigenvalue weighted by molar-refractivity contribution is 0.410. The second kappa shape index (κ2) is 8.06. The highest BCUT2D eigenvalue weighted by molar-refractivity contribution is 9.10. The Morgan fingerprint density at radius 1 is 0.857 bits per heavy atom. The van der Waals surface area contributed by atoms with Crippen molar-refractivity contribution in [3.63, 3.8) is 0 Å². The Morgan fingerprint density at radius 2 is 1.29 bits per heavy atom. The third kappa shape index (κ3) is 4.36. The van der Waals surface area contributed by atoms with E-state index < -0.39 is 11.3 Å². The molecule has 0 unspecified atom stereocenters. The number of aromatic hydroxyl groups is 2. The van der Waals surface area contributed by atoms with E-state index in [9.17, 15) is 19.8 Å². The molecule has 3 aromatic rings. The summed E-state index contributed by atoms with van der Waals surface area (Å²) in [6.07, 6.45) is 0.256. The lowest BCUT2D eigenvalue weighted by Gasteiger charge is -2.18. The monoisotopic (exact) mass is 446 g/mol. The summed E-state index contributed by atoms with van der Waals surface area (Å²) in [5, 5.41) is 20.5. The van der Waals surface area contributed by atoms with E-state index >= 15 is 0 Å². The second-order valence-corrected chi connectivity index (χ2v) is 7.59. The highest BCUT2D eigenvalue weighted by Gasteiger charge is 2.22. The van der Waals surface area contributed by atoms with Crippen LogP contribution in [0.1, 0.15) is 34.1 Å². The Balaban J connectivity index is 2.05. The van der Waals surface area contributed by atoms with E-state index in [1.165, 1.54) is 12.1 Å². The Bertz CT molecular complexity index is 1040. The van der Waals surface area contributed by atoms with Gasteiger partial charge in [-0.3, -0.25) is 0 Å². The van der Waals surface area contributed by atoms with Crippen molar-refractivity contribution in [3.8, 4) is 11.5 Å². The van der Waals surface area contributed by atoms with Crippen molar-refractivity contribution in [3.05, 3.63) is 89.9 Å². The molecule has 6 nitrogen and oxygen atoms in total. The van der Waals surface area contributed by atoms with Gasteiger partial charge < -0.3 is 19.0 Å². The maximum Gasteiger partial charge on any atom is 0.342 e. The zero-order valence-corrected chi connectivity index (χ0v) is 16.9. The van der Waals surface area contributed by atoms with Crippen LogP contribution in [0.4, 0.5) is 0 Å². The zero-order valence-electron chi connectivity index (χ0n) is 15.4.